The molecule has 92 valence electrons. The van der Waals surface area contributed by atoms with Crippen LogP contribution in [0.3, 0.4) is 0 Å². The zero-order valence-electron chi connectivity index (χ0n) is 8.70. The van der Waals surface area contributed by atoms with Crippen LogP contribution in [-0.2, 0) is 19.1 Å². The minimum Gasteiger partial charge on any atom is -0.495 e. The molecule has 0 spiro atoms. The van der Waals surface area contributed by atoms with Crippen molar-refractivity contribution in [2.24, 2.45) is 0 Å². The Balaban J connectivity index is 4.06. The van der Waals surface area contributed by atoms with E-state index < -0.39 is 30.3 Å². The normalized spacial score (nSPS) is 15.7. The molecule has 16 heavy (non-hydrogen) atoms. The molecule has 7 heteroatoms. The van der Waals surface area contributed by atoms with Crippen molar-refractivity contribution in [3.8, 4) is 0 Å². The van der Waals surface area contributed by atoms with E-state index >= 15 is 0 Å². The van der Waals surface area contributed by atoms with Crippen LogP contribution in [0.15, 0.2) is 12.8 Å². The summed E-state index contributed by atoms with van der Waals surface area (Å²) in [5.74, 6) is -2.94. The number of rotatable bonds is 7. The number of aliphatic hydroxyl groups excluding tert-OH is 2. The summed E-state index contributed by atoms with van der Waals surface area (Å²) in [5, 5.41) is 26.2. The van der Waals surface area contributed by atoms with Crippen molar-refractivity contribution in [3.63, 3.8) is 0 Å². The van der Waals surface area contributed by atoms with Crippen LogP contribution >= 0.6 is 0 Å². The van der Waals surface area contributed by atoms with E-state index in [1.54, 1.807) is 6.92 Å². The minimum atomic E-state index is -2.21. The second kappa shape index (κ2) is 6.81. The van der Waals surface area contributed by atoms with Gasteiger partial charge in [0.05, 0.1) is 6.26 Å². The lowest BCUT2D eigenvalue weighted by Crippen LogP contribution is -2.41. The van der Waals surface area contributed by atoms with Gasteiger partial charge < -0.3 is 24.8 Å². The summed E-state index contributed by atoms with van der Waals surface area (Å²) >= 11 is 0. The molecule has 0 rings (SSSR count). The van der Waals surface area contributed by atoms with E-state index in [9.17, 15) is 9.59 Å². The van der Waals surface area contributed by atoms with Crippen LogP contribution in [0.5, 0.6) is 0 Å². The zero-order valence-corrected chi connectivity index (χ0v) is 8.70. The van der Waals surface area contributed by atoms with E-state index in [0.717, 1.165) is 6.26 Å². The maximum absolute atomic E-state index is 11.0. The molecule has 7 nitrogen and oxygen atoms in total. The number of hydrogen-bond acceptors (Lipinski definition) is 6. The molecule has 3 unspecified atom stereocenters. The van der Waals surface area contributed by atoms with Gasteiger partial charge in [0.2, 0.25) is 0 Å². The van der Waals surface area contributed by atoms with Crippen LogP contribution in [0.4, 0.5) is 0 Å². The lowest BCUT2D eigenvalue weighted by molar-refractivity contribution is -0.171. The van der Waals surface area contributed by atoms with E-state index in [4.69, 9.17) is 20.1 Å². The van der Waals surface area contributed by atoms with Crippen LogP contribution < -0.4 is 0 Å². The van der Waals surface area contributed by atoms with Crippen molar-refractivity contribution in [2.45, 2.75) is 25.2 Å². The number of aliphatic hydroxyl groups is 2. The maximum atomic E-state index is 11.0. The van der Waals surface area contributed by atoms with Crippen LogP contribution in [0.1, 0.15) is 6.92 Å². The predicted molar refractivity (Wildman–Crippen MR) is 51.4 cm³/mol. The molecule has 0 heterocycles. The van der Waals surface area contributed by atoms with Crippen LogP contribution in [0, 0.1) is 0 Å². The van der Waals surface area contributed by atoms with Gasteiger partial charge in [0.1, 0.15) is 12.7 Å². The van der Waals surface area contributed by atoms with Crippen molar-refractivity contribution >= 4 is 11.9 Å². The number of carboxylic acid groups (broad SMARTS) is 1. The molecular weight excluding hydrogens is 220 g/mol. The van der Waals surface area contributed by atoms with Gasteiger partial charge in [0.25, 0.3) is 0 Å². The van der Waals surface area contributed by atoms with E-state index in [1.165, 1.54) is 0 Å². The van der Waals surface area contributed by atoms with E-state index in [2.05, 4.69) is 11.3 Å². The standard InChI is InChI=1S/C9H14O7/c1-3-15-5(2)4-16-9(14)7(11)6(10)8(12)13/h3,5-7,10-11H,1,4H2,2H3,(H,12,13). The lowest BCUT2D eigenvalue weighted by Gasteiger charge is -2.15. The summed E-state index contributed by atoms with van der Waals surface area (Å²) in [4.78, 5) is 21.3. The van der Waals surface area contributed by atoms with Gasteiger partial charge in [0, 0.05) is 0 Å². The highest BCUT2D eigenvalue weighted by Crippen LogP contribution is 1.99. The fourth-order valence-electron chi connectivity index (χ4n) is 0.752. The molecule has 0 fully saturated rings. The van der Waals surface area contributed by atoms with Gasteiger partial charge in [-0.2, -0.15) is 0 Å². The Hall–Kier alpha value is -1.60. The number of carbonyl (C=O) groups excluding carboxylic acids is 1. The second-order valence-corrected chi connectivity index (χ2v) is 2.97. The van der Waals surface area contributed by atoms with E-state index in [0.29, 0.717) is 0 Å². The van der Waals surface area contributed by atoms with Gasteiger partial charge in [0.15, 0.2) is 12.2 Å². The quantitative estimate of drug-likeness (QED) is 0.378. The van der Waals surface area contributed by atoms with Gasteiger partial charge in [-0.05, 0) is 6.92 Å². The molecule has 0 aromatic heterocycles. The molecule has 0 aromatic carbocycles. The average molecular weight is 234 g/mol. The van der Waals surface area contributed by atoms with Gasteiger partial charge in [-0.1, -0.05) is 6.58 Å². The summed E-state index contributed by atoms with van der Waals surface area (Å²) < 4.78 is 9.31. The lowest BCUT2D eigenvalue weighted by atomic mass is 10.2. The Morgan fingerprint density at radius 3 is 2.38 bits per heavy atom. The first-order valence-corrected chi connectivity index (χ1v) is 4.42. The second-order valence-electron chi connectivity index (χ2n) is 2.97. The summed E-state index contributed by atoms with van der Waals surface area (Å²) in [6.45, 7) is 4.68. The van der Waals surface area contributed by atoms with Gasteiger partial charge in [-0.3, -0.25) is 0 Å². The van der Waals surface area contributed by atoms with Crippen molar-refractivity contribution in [2.75, 3.05) is 6.61 Å². The fourth-order valence-corrected chi connectivity index (χ4v) is 0.752. The first-order valence-electron chi connectivity index (χ1n) is 4.42. The molecule has 3 N–H and O–H groups in total. The molecule has 0 saturated heterocycles. The Morgan fingerprint density at radius 2 is 1.94 bits per heavy atom. The molecule has 3 atom stereocenters. The van der Waals surface area contributed by atoms with Gasteiger partial charge >= 0.3 is 11.9 Å². The third kappa shape index (κ3) is 4.76. The highest BCUT2D eigenvalue weighted by molar-refractivity contribution is 5.84. The van der Waals surface area contributed by atoms with Crippen molar-refractivity contribution < 1.29 is 34.4 Å². The molecular formula is C9H14O7. The predicted octanol–water partition coefficient (Wildman–Crippen LogP) is -1.12. The van der Waals surface area contributed by atoms with Crippen LogP contribution in [-0.4, -0.2) is 52.2 Å². The number of esters is 1. The molecule has 0 saturated carbocycles. The first kappa shape index (κ1) is 14.4. The van der Waals surface area contributed by atoms with Crippen LogP contribution in [0.2, 0.25) is 0 Å². The molecule has 0 radical (unpaired) electrons. The van der Waals surface area contributed by atoms with Gasteiger partial charge in [-0.15, -0.1) is 0 Å². The topological polar surface area (TPSA) is 113 Å². The van der Waals surface area contributed by atoms with Crippen molar-refractivity contribution in [1.82, 2.24) is 0 Å². The smallest absolute Gasteiger partial charge is 0.338 e. The van der Waals surface area contributed by atoms with Crippen molar-refractivity contribution in [1.29, 1.82) is 0 Å². The van der Waals surface area contributed by atoms with E-state index in [-0.39, 0.29) is 6.61 Å². The third-order valence-electron chi connectivity index (χ3n) is 1.58. The Labute approximate surface area is 91.9 Å². The summed E-state index contributed by atoms with van der Waals surface area (Å²) in [5.41, 5.74) is 0. The highest BCUT2D eigenvalue weighted by atomic mass is 16.6. The minimum absolute atomic E-state index is 0.186. The Morgan fingerprint density at radius 1 is 1.38 bits per heavy atom. The van der Waals surface area contributed by atoms with Crippen LogP contribution in [0.25, 0.3) is 0 Å². The molecule has 0 aliphatic carbocycles. The molecule has 0 bridgehead atoms. The Kier molecular flexibility index (Phi) is 6.12. The monoisotopic (exact) mass is 234 g/mol. The van der Waals surface area contributed by atoms with Crippen molar-refractivity contribution in [3.05, 3.63) is 12.8 Å². The third-order valence-corrected chi connectivity index (χ3v) is 1.58. The highest BCUT2D eigenvalue weighted by Gasteiger charge is 2.31. The Bertz CT molecular complexity index is 263. The summed E-state index contributed by atoms with van der Waals surface area (Å²) in [6.07, 6.45) is -3.65. The number of ether oxygens (including phenoxy) is 2. The molecule has 0 aliphatic rings. The number of carboxylic acids is 1. The molecule has 0 amide bonds. The first-order chi connectivity index (χ1) is 7.40. The van der Waals surface area contributed by atoms with E-state index in [1.807, 2.05) is 0 Å². The number of carbonyl (C=O) groups is 2. The van der Waals surface area contributed by atoms with Gasteiger partial charge in [-0.25, -0.2) is 9.59 Å². The zero-order chi connectivity index (χ0) is 12.7. The summed E-state index contributed by atoms with van der Waals surface area (Å²) in [6, 6.07) is 0. The fraction of sp³-hybridized carbons (Fsp3) is 0.556. The number of aliphatic carboxylic acids is 1. The average Bonchev–Trinajstić information content (AvgIpc) is 2.24. The maximum Gasteiger partial charge on any atom is 0.338 e. The summed E-state index contributed by atoms with van der Waals surface area (Å²) in [7, 11) is 0. The molecule has 0 aliphatic heterocycles. The SMILES string of the molecule is C=COC(C)COC(=O)C(O)C(O)C(=O)O. The number of hydrogen-bond donors (Lipinski definition) is 3. The largest absolute Gasteiger partial charge is 0.495 e. The molecule has 0 aromatic rings.